The van der Waals surface area contributed by atoms with Crippen LogP contribution in [0.25, 0.3) is 0 Å². The second-order valence-electron chi connectivity index (χ2n) is 6.35. The lowest BCUT2D eigenvalue weighted by Gasteiger charge is -2.28. The van der Waals surface area contributed by atoms with E-state index in [1.54, 1.807) is 0 Å². The first kappa shape index (κ1) is 15.3. The second-order valence-corrected chi connectivity index (χ2v) is 6.35. The van der Waals surface area contributed by atoms with Gasteiger partial charge in [-0.1, -0.05) is 54.6 Å². The van der Waals surface area contributed by atoms with E-state index in [-0.39, 0.29) is 6.10 Å². The molecule has 1 heterocycles. The highest BCUT2D eigenvalue weighted by Gasteiger charge is 2.28. The van der Waals surface area contributed by atoms with Crippen molar-refractivity contribution >= 4 is 0 Å². The average molecular weight is 295 g/mol. The summed E-state index contributed by atoms with van der Waals surface area (Å²) >= 11 is 0. The average Bonchev–Trinajstić information content (AvgIpc) is 2.96. The van der Waals surface area contributed by atoms with Crippen molar-refractivity contribution in [2.24, 2.45) is 0 Å². The lowest BCUT2D eigenvalue weighted by Crippen LogP contribution is -2.33. The van der Waals surface area contributed by atoms with Gasteiger partial charge in [0.15, 0.2) is 0 Å². The van der Waals surface area contributed by atoms with Crippen LogP contribution >= 0.6 is 0 Å². The number of aryl methyl sites for hydroxylation is 1. The molecule has 22 heavy (non-hydrogen) atoms. The van der Waals surface area contributed by atoms with Gasteiger partial charge >= 0.3 is 0 Å². The van der Waals surface area contributed by atoms with Gasteiger partial charge in [-0.05, 0) is 49.4 Å². The highest BCUT2D eigenvalue weighted by atomic mass is 16.3. The second kappa shape index (κ2) is 7.08. The Morgan fingerprint density at radius 1 is 1.09 bits per heavy atom. The van der Waals surface area contributed by atoms with E-state index in [1.807, 2.05) is 18.2 Å². The number of nitrogens with zero attached hydrogens (tertiary/aromatic N) is 1. The molecule has 2 aromatic carbocycles. The van der Waals surface area contributed by atoms with Crippen molar-refractivity contribution in [2.75, 3.05) is 13.1 Å². The largest absolute Gasteiger partial charge is 0.391 e. The molecular weight excluding hydrogens is 270 g/mol. The Bertz CT molecular complexity index is 596. The van der Waals surface area contributed by atoms with Crippen molar-refractivity contribution in [3.8, 4) is 0 Å². The fourth-order valence-corrected chi connectivity index (χ4v) is 3.58. The van der Waals surface area contributed by atoms with E-state index in [9.17, 15) is 5.11 Å². The Morgan fingerprint density at radius 3 is 2.59 bits per heavy atom. The quantitative estimate of drug-likeness (QED) is 0.908. The van der Waals surface area contributed by atoms with E-state index in [2.05, 4.69) is 48.2 Å². The minimum atomic E-state index is -0.299. The molecule has 0 radical (unpaired) electrons. The lowest BCUT2D eigenvalue weighted by atomic mass is 9.99. The van der Waals surface area contributed by atoms with Crippen LogP contribution in [-0.4, -0.2) is 29.2 Å². The Kier molecular flexibility index (Phi) is 4.91. The molecule has 0 saturated carbocycles. The third-order valence-electron chi connectivity index (χ3n) is 4.67. The summed E-state index contributed by atoms with van der Waals surface area (Å²) in [5.41, 5.74) is 3.99. The molecule has 1 aliphatic rings. The Balaban J connectivity index is 1.65. The van der Waals surface area contributed by atoms with Gasteiger partial charge < -0.3 is 5.11 Å². The monoisotopic (exact) mass is 295 g/mol. The van der Waals surface area contributed by atoms with Gasteiger partial charge in [-0.3, -0.25) is 4.90 Å². The molecule has 1 fully saturated rings. The van der Waals surface area contributed by atoms with Gasteiger partial charge in [0.25, 0.3) is 0 Å². The van der Waals surface area contributed by atoms with E-state index in [1.165, 1.54) is 29.5 Å². The number of aliphatic hydroxyl groups is 1. The molecule has 2 unspecified atom stereocenters. The van der Waals surface area contributed by atoms with Crippen molar-refractivity contribution in [3.63, 3.8) is 0 Å². The van der Waals surface area contributed by atoms with Gasteiger partial charge in [0, 0.05) is 12.6 Å². The predicted molar refractivity (Wildman–Crippen MR) is 90.9 cm³/mol. The molecule has 1 aliphatic heterocycles. The van der Waals surface area contributed by atoms with Crippen LogP contribution in [0.4, 0.5) is 0 Å². The van der Waals surface area contributed by atoms with Gasteiger partial charge in [-0.15, -0.1) is 0 Å². The number of hydrogen-bond donors (Lipinski definition) is 1. The molecule has 0 amide bonds. The number of hydrogen-bond acceptors (Lipinski definition) is 2. The standard InChI is InChI=1S/C20H25NO/c1-16-8-5-6-11-19(16)20-12-7-13-21(20)15-18(22)14-17-9-3-2-4-10-17/h2-6,8-11,18,20,22H,7,12-15H2,1H3. The molecule has 3 rings (SSSR count). The van der Waals surface area contributed by atoms with Crippen LogP contribution in [0, 0.1) is 6.92 Å². The molecule has 0 bridgehead atoms. The fraction of sp³-hybridized carbons (Fsp3) is 0.400. The fourth-order valence-electron chi connectivity index (χ4n) is 3.58. The van der Waals surface area contributed by atoms with Crippen LogP contribution in [-0.2, 0) is 6.42 Å². The first-order chi connectivity index (χ1) is 10.7. The van der Waals surface area contributed by atoms with Crippen LogP contribution in [0.2, 0.25) is 0 Å². The minimum absolute atomic E-state index is 0.299. The molecule has 1 saturated heterocycles. The summed E-state index contributed by atoms with van der Waals surface area (Å²) in [6.45, 7) is 4.03. The Hall–Kier alpha value is -1.64. The van der Waals surface area contributed by atoms with Crippen LogP contribution in [0.3, 0.4) is 0 Å². The number of β-amino-alcohol motifs (C(OH)–C–C–N with tert-alkyl or cyclic N) is 1. The number of rotatable bonds is 5. The molecular formula is C20H25NO. The molecule has 116 valence electrons. The molecule has 2 atom stereocenters. The topological polar surface area (TPSA) is 23.5 Å². The summed E-state index contributed by atoms with van der Waals surface area (Å²) < 4.78 is 0. The van der Waals surface area contributed by atoms with Gasteiger partial charge in [0.2, 0.25) is 0 Å². The maximum atomic E-state index is 10.5. The smallest absolute Gasteiger partial charge is 0.0707 e. The molecule has 2 nitrogen and oxygen atoms in total. The normalized spacial score (nSPS) is 20.2. The lowest BCUT2D eigenvalue weighted by molar-refractivity contribution is 0.106. The minimum Gasteiger partial charge on any atom is -0.391 e. The van der Waals surface area contributed by atoms with Crippen LogP contribution in [0.1, 0.15) is 35.6 Å². The summed E-state index contributed by atoms with van der Waals surface area (Å²) in [5.74, 6) is 0. The maximum Gasteiger partial charge on any atom is 0.0707 e. The van der Waals surface area contributed by atoms with Crippen molar-refractivity contribution in [3.05, 3.63) is 71.3 Å². The van der Waals surface area contributed by atoms with Gasteiger partial charge in [-0.25, -0.2) is 0 Å². The summed E-state index contributed by atoms with van der Waals surface area (Å²) in [6, 6.07) is 19.4. The first-order valence-electron chi connectivity index (χ1n) is 8.25. The van der Waals surface area contributed by atoms with E-state index >= 15 is 0 Å². The Labute approximate surface area is 133 Å². The third-order valence-corrected chi connectivity index (χ3v) is 4.67. The highest BCUT2D eigenvalue weighted by molar-refractivity contribution is 5.29. The number of benzene rings is 2. The number of likely N-dealkylation sites (tertiary alicyclic amines) is 1. The molecule has 2 aromatic rings. The molecule has 1 N–H and O–H groups in total. The zero-order valence-corrected chi connectivity index (χ0v) is 13.3. The SMILES string of the molecule is Cc1ccccc1C1CCCN1CC(O)Cc1ccccc1. The van der Waals surface area contributed by atoms with Crippen molar-refractivity contribution in [1.29, 1.82) is 0 Å². The third kappa shape index (κ3) is 3.57. The zero-order valence-electron chi connectivity index (χ0n) is 13.3. The molecule has 2 heteroatoms. The predicted octanol–water partition coefficient (Wildman–Crippen LogP) is 3.74. The molecule has 0 aliphatic carbocycles. The van der Waals surface area contributed by atoms with Crippen LogP contribution in [0.15, 0.2) is 54.6 Å². The Morgan fingerprint density at radius 2 is 1.82 bits per heavy atom. The van der Waals surface area contributed by atoms with Crippen molar-refractivity contribution in [1.82, 2.24) is 4.90 Å². The maximum absolute atomic E-state index is 10.5. The zero-order chi connectivity index (χ0) is 15.4. The first-order valence-corrected chi connectivity index (χ1v) is 8.25. The van der Waals surface area contributed by atoms with Crippen molar-refractivity contribution < 1.29 is 5.11 Å². The summed E-state index contributed by atoms with van der Waals surface area (Å²) in [6.07, 6.45) is 2.85. The summed E-state index contributed by atoms with van der Waals surface area (Å²) in [7, 11) is 0. The molecule has 0 spiro atoms. The van der Waals surface area contributed by atoms with Crippen LogP contribution in [0.5, 0.6) is 0 Å². The van der Waals surface area contributed by atoms with Crippen molar-refractivity contribution in [2.45, 2.75) is 38.3 Å². The van der Waals surface area contributed by atoms with E-state index in [0.29, 0.717) is 6.04 Å². The number of aliphatic hydroxyl groups excluding tert-OH is 1. The van der Waals surface area contributed by atoms with Crippen LogP contribution < -0.4 is 0 Å². The van der Waals surface area contributed by atoms with E-state index in [0.717, 1.165) is 19.5 Å². The summed E-state index contributed by atoms with van der Waals surface area (Å²) in [4.78, 5) is 2.45. The van der Waals surface area contributed by atoms with Gasteiger partial charge in [-0.2, -0.15) is 0 Å². The van der Waals surface area contributed by atoms with Gasteiger partial charge in [0.05, 0.1) is 6.10 Å². The van der Waals surface area contributed by atoms with E-state index in [4.69, 9.17) is 0 Å². The van der Waals surface area contributed by atoms with Gasteiger partial charge in [0.1, 0.15) is 0 Å². The van der Waals surface area contributed by atoms with E-state index < -0.39 is 0 Å². The highest BCUT2D eigenvalue weighted by Crippen LogP contribution is 2.33. The molecule has 0 aromatic heterocycles. The summed E-state index contributed by atoms with van der Waals surface area (Å²) in [5, 5.41) is 10.5.